The molecule has 0 fully saturated rings. The van der Waals surface area contributed by atoms with E-state index in [4.69, 9.17) is 16.7 Å². The van der Waals surface area contributed by atoms with Crippen LogP contribution in [0.3, 0.4) is 0 Å². The number of hydrogen-bond acceptors (Lipinski definition) is 3. The zero-order chi connectivity index (χ0) is 12.3. The molecule has 1 N–H and O–H groups in total. The number of nitrogens with zero attached hydrogens (tertiary/aromatic N) is 1. The standard InChI is InChI=1S/C11H16ClNO2S/c1-7(2)10(11(14)15)13(3)6-8-4-5-9(12)16-8/h4-5,7,10H,6H2,1-3H3,(H,14,15). The van der Waals surface area contributed by atoms with Gasteiger partial charge in [-0.3, -0.25) is 9.69 Å². The number of hydrogen-bond donors (Lipinski definition) is 1. The zero-order valence-corrected chi connectivity index (χ0v) is 11.2. The van der Waals surface area contributed by atoms with Crippen molar-refractivity contribution in [2.75, 3.05) is 7.05 Å². The van der Waals surface area contributed by atoms with Crippen molar-refractivity contribution in [3.8, 4) is 0 Å². The second kappa shape index (κ2) is 5.66. The molecule has 0 aliphatic heterocycles. The summed E-state index contributed by atoms with van der Waals surface area (Å²) in [6.45, 7) is 4.44. The Labute approximate surface area is 105 Å². The van der Waals surface area contributed by atoms with Gasteiger partial charge in [0.05, 0.1) is 4.34 Å². The van der Waals surface area contributed by atoms with Gasteiger partial charge < -0.3 is 5.11 Å². The molecule has 0 spiro atoms. The third-order valence-corrected chi connectivity index (χ3v) is 3.61. The van der Waals surface area contributed by atoms with E-state index >= 15 is 0 Å². The van der Waals surface area contributed by atoms with Gasteiger partial charge in [-0.1, -0.05) is 25.4 Å². The minimum Gasteiger partial charge on any atom is -0.480 e. The molecule has 0 bridgehead atoms. The van der Waals surface area contributed by atoms with Crippen molar-refractivity contribution in [3.05, 3.63) is 21.3 Å². The van der Waals surface area contributed by atoms with Gasteiger partial charge in [0.15, 0.2) is 0 Å². The Kier molecular flexibility index (Phi) is 4.77. The van der Waals surface area contributed by atoms with E-state index in [-0.39, 0.29) is 5.92 Å². The zero-order valence-electron chi connectivity index (χ0n) is 9.61. The monoisotopic (exact) mass is 261 g/mol. The van der Waals surface area contributed by atoms with Crippen LogP contribution >= 0.6 is 22.9 Å². The van der Waals surface area contributed by atoms with Crippen LogP contribution in [0.2, 0.25) is 4.34 Å². The second-order valence-corrected chi connectivity index (χ2v) is 5.95. The fourth-order valence-corrected chi connectivity index (χ4v) is 2.91. The number of carboxylic acid groups (broad SMARTS) is 1. The quantitative estimate of drug-likeness (QED) is 0.886. The van der Waals surface area contributed by atoms with E-state index in [2.05, 4.69) is 0 Å². The normalized spacial score (nSPS) is 13.4. The lowest BCUT2D eigenvalue weighted by Crippen LogP contribution is -2.41. The molecule has 0 aliphatic carbocycles. The number of aliphatic carboxylic acids is 1. The Morgan fingerprint density at radius 1 is 1.56 bits per heavy atom. The lowest BCUT2D eigenvalue weighted by molar-refractivity contribution is -0.144. The molecule has 1 unspecified atom stereocenters. The average Bonchev–Trinajstić information content (AvgIpc) is 2.49. The highest BCUT2D eigenvalue weighted by atomic mass is 35.5. The first-order valence-electron chi connectivity index (χ1n) is 5.09. The van der Waals surface area contributed by atoms with Gasteiger partial charge in [0.2, 0.25) is 0 Å². The van der Waals surface area contributed by atoms with Gasteiger partial charge in [-0.05, 0) is 25.1 Å². The predicted octanol–water partition coefficient (Wildman–Crippen LogP) is 2.94. The van der Waals surface area contributed by atoms with E-state index in [0.717, 1.165) is 9.21 Å². The summed E-state index contributed by atoms with van der Waals surface area (Å²) in [5, 5.41) is 9.13. The van der Waals surface area contributed by atoms with Crippen LogP contribution in [0.1, 0.15) is 18.7 Å². The van der Waals surface area contributed by atoms with Crippen molar-refractivity contribution in [1.29, 1.82) is 0 Å². The number of likely N-dealkylation sites (N-methyl/N-ethyl adjacent to an activating group) is 1. The van der Waals surface area contributed by atoms with E-state index in [0.29, 0.717) is 6.54 Å². The Hall–Kier alpha value is -0.580. The molecule has 0 saturated heterocycles. The van der Waals surface area contributed by atoms with E-state index in [1.165, 1.54) is 11.3 Å². The number of rotatable bonds is 5. The number of carboxylic acids is 1. The van der Waals surface area contributed by atoms with Crippen molar-refractivity contribution in [1.82, 2.24) is 4.90 Å². The lowest BCUT2D eigenvalue weighted by Gasteiger charge is -2.26. The van der Waals surface area contributed by atoms with Crippen molar-refractivity contribution < 1.29 is 9.90 Å². The molecule has 0 aromatic carbocycles. The van der Waals surface area contributed by atoms with Gasteiger partial charge in [-0.25, -0.2) is 0 Å². The molecule has 16 heavy (non-hydrogen) atoms. The van der Waals surface area contributed by atoms with Crippen molar-refractivity contribution in [2.45, 2.75) is 26.4 Å². The predicted molar refractivity (Wildman–Crippen MR) is 67.1 cm³/mol. The molecule has 0 radical (unpaired) electrons. The second-order valence-electron chi connectivity index (χ2n) is 4.15. The van der Waals surface area contributed by atoms with Crippen LogP contribution in [0, 0.1) is 5.92 Å². The first kappa shape index (κ1) is 13.5. The summed E-state index contributed by atoms with van der Waals surface area (Å²) in [7, 11) is 1.83. The summed E-state index contributed by atoms with van der Waals surface area (Å²) < 4.78 is 0.736. The van der Waals surface area contributed by atoms with Crippen LogP contribution in [-0.4, -0.2) is 29.1 Å². The maximum Gasteiger partial charge on any atom is 0.321 e. The molecule has 0 aliphatic rings. The first-order valence-corrected chi connectivity index (χ1v) is 6.28. The Morgan fingerprint density at radius 2 is 2.19 bits per heavy atom. The highest BCUT2D eigenvalue weighted by Crippen LogP contribution is 2.23. The maximum absolute atomic E-state index is 11.1. The SMILES string of the molecule is CC(C)C(C(=O)O)N(C)Cc1ccc(Cl)s1. The molecule has 1 atom stereocenters. The minimum absolute atomic E-state index is 0.0814. The van der Waals surface area contributed by atoms with Crippen LogP contribution < -0.4 is 0 Å². The molecule has 1 heterocycles. The van der Waals surface area contributed by atoms with E-state index in [1.54, 1.807) is 0 Å². The Bertz CT molecular complexity index is 365. The van der Waals surface area contributed by atoms with Crippen molar-refractivity contribution in [3.63, 3.8) is 0 Å². The number of halogens is 1. The molecule has 1 aromatic rings. The Morgan fingerprint density at radius 3 is 2.56 bits per heavy atom. The molecule has 90 valence electrons. The smallest absolute Gasteiger partial charge is 0.321 e. The molecule has 1 rings (SSSR count). The van der Waals surface area contributed by atoms with Gasteiger partial charge >= 0.3 is 5.97 Å². The van der Waals surface area contributed by atoms with Crippen molar-refractivity contribution in [2.24, 2.45) is 5.92 Å². The van der Waals surface area contributed by atoms with Crippen LogP contribution in [0.15, 0.2) is 12.1 Å². The van der Waals surface area contributed by atoms with Gasteiger partial charge in [0, 0.05) is 11.4 Å². The summed E-state index contributed by atoms with van der Waals surface area (Å²) >= 11 is 7.32. The highest BCUT2D eigenvalue weighted by molar-refractivity contribution is 7.16. The molecule has 0 saturated carbocycles. The molecule has 1 aromatic heterocycles. The molecular formula is C11H16ClNO2S. The summed E-state index contributed by atoms with van der Waals surface area (Å²) in [4.78, 5) is 14.0. The summed E-state index contributed by atoms with van der Waals surface area (Å²) in [5.41, 5.74) is 0. The molecule has 5 heteroatoms. The average molecular weight is 262 g/mol. The molecule has 0 amide bonds. The van der Waals surface area contributed by atoms with Gasteiger partial charge in [0.1, 0.15) is 6.04 Å². The molecule has 3 nitrogen and oxygen atoms in total. The van der Waals surface area contributed by atoms with Crippen LogP contribution in [0.5, 0.6) is 0 Å². The highest BCUT2D eigenvalue weighted by Gasteiger charge is 2.26. The first-order chi connectivity index (χ1) is 7.41. The summed E-state index contributed by atoms with van der Waals surface area (Å²) in [6.07, 6.45) is 0. The van der Waals surface area contributed by atoms with E-state index in [9.17, 15) is 4.79 Å². The fourth-order valence-electron chi connectivity index (χ4n) is 1.76. The van der Waals surface area contributed by atoms with E-state index < -0.39 is 12.0 Å². The third kappa shape index (κ3) is 3.47. The van der Waals surface area contributed by atoms with Crippen LogP contribution in [0.25, 0.3) is 0 Å². The summed E-state index contributed by atoms with van der Waals surface area (Å²) in [5.74, 6) is -0.696. The van der Waals surface area contributed by atoms with Gasteiger partial charge in [0.25, 0.3) is 0 Å². The lowest BCUT2D eigenvalue weighted by atomic mass is 10.0. The van der Waals surface area contributed by atoms with Crippen molar-refractivity contribution >= 4 is 28.9 Å². The molecular weight excluding hydrogens is 246 g/mol. The largest absolute Gasteiger partial charge is 0.480 e. The Balaban J connectivity index is 2.69. The van der Waals surface area contributed by atoms with Gasteiger partial charge in [-0.15, -0.1) is 11.3 Å². The number of thiophene rings is 1. The van der Waals surface area contributed by atoms with Crippen LogP contribution in [-0.2, 0) is 11.3 Å². The maximum atomic E-state index is 11.1. The van der Waals surface area contributed by atoms with Gasteiger partial charge in [-0.2, -0.15) is 0 Å². The topological polar surface area (TPSA) is 40.5 Å². The van der Waals surface area contributed by atoms with E-state index in [1.807, 2.05) is 37.9 Å². The fraction of sp³-hybridized carbons (Fsp3) is 0.545. The third-order valence-electron chi connectivity index (χ3n) is 2.39. The van der Waals surface area contributed by atoms with Crippen LogP contribution in [0.4, 0.5) is 0 Å². The number of carbonyl (C=O) groups is 1. The minimum atomic E-state index is -0.778. The summed E-state index contributed by atoms with van der Waals surface area (Å²) in [6, 6.07) is 3.31.